The van der Waals surface area contributed by atoms with Crippen LogP contribution in [0.5, 0.6) is 5.88 Å². The second-order valence-electron chi connectivity index (χ2n) is 6.76. The summed E-state index contributed by atoms with van der Waals surface area (Å²) in [6.07, 6.45) is 4.35. The number of nitrogens with zero attached hydrogens (tertiary/aromatic N) is 2. The summed E-state index contributed by atoms with van der Waals surface area (Å²) in [5, 5.41) is 0.328. The van der Waals surface area contributed by atoms with E-state index in [1.807, 2.05) is 0 Å². The van der Waals surface area contributed by atoms with Gasteiger partial charge in [-0.2, -0.15) is 0 Å². The van der Waals surface area contributed by atoms with E-state index in [-0.39, 0.29) is 23.9 Å². The number of ether oxygens (including phenoxy) is 3. The second-order valence-corrected chi connectivity index (χ2v) is 7.17. The standard InChI is InChI=1S/C19H25ClN2O5/c1-2-26-19(24)13-3-7-22(8-4-13)18(23)14-11-16(20)17(21-12-14)27-15-5-9-25-10-6-15/h11-13,15H,2-10H2,1H3. The third kappa shape index (κ3) is 5.11. The molecule has 8 heteroatoms. The molecule has 0 radical (unpaired) electrons. The molecule has 0 spiro atoms. The minimum Gasteiger partial charge on any atom is -0.473 e. The zero-order valence-electron chi connectivity index (χ0n) is 15.5. The molecule has 0 saturated carbocycles. The van der Waals surface area contributed by atoms with E-state index in [1.165, 1.54) is 6.20 Å². The van der Waals surface area contributed by atoms with Crippen molar-refractivity contribution in [3.05, 3.63) is 22.8 Å². The summed E-state index contributed by atoms with van der Waals surface area (Å²) >= 11 is 6.28. The molecule has 0 unspecified atom stereocenters. The average molecular weight is 397 g/mol. The van der Waals surface area contributed by atoms with Crippen molar-refractivity contribution in [2.45, 2.75) is 38.7 Å². The lowest BCUT2D eigenvalue weighted by Gasteiger charge is -2.31. The van der Waals surface area contributed by atoms with Gasteiger partial charge in [-0.05, 0) is 25.8 Å². The van der Waals surface area contributed by atoms with Crippen molar-refractivity contribution in [1.29, 1.82) is 0 Å². The molecule has 27 heavy (non-hydrogen) atoms. The number of rotatable bonds is 5. The zero-order valence-corrected chi connectivity index (χ0v) is 16.2. The monoisotopic (exact) mass is 396 g/mol. The van der Waals surface area contributed by atoms with Crippen LogP contribution in [0.3, 0.4) is 0 Å². The van der Waals surface area contributed by atoms with E-state index in [1.54, 1.807) is 17.9 Å². The highest BCUT2D eigenvalue weighted by Gasteiger charge is 2.29. The molecule has 0 aromatic carbocycles. The summed E-state index contributed by atoms with van der Waals surface area (Å²) in [5.74, 6) is -0.0969. The van der Waals surface area contributed by atoms with Crippen LogP contribution in [0.15, 0.2) is 12.3 Å². The number of hydrogen-bond acceptors (Lipinski definition) is 6. The Hall–Kier alpha value is -1.86. The van der Waals surface area contributed by atoms with Crippen LogP contribution in [-0.4, -0.2) is 60.8 Å². The first kappa shape index (κ1) is 19.9. The Kier molecular flexibility index (Phi) is 6.90. The van der Waals surface area contributed by atoms with E-state index in [2.05, 4.69) is 4.98 Å². The lowest BCUT2D eigenvalue weighted by molar-refractivity contribution is -0.149. The second kappa shape index (κ2) is 9.37. The largest absolute Gasteiger partial charge is 0.473 e. The van der Waals surface area contributed by atoms with Crippen LogP contribution < -0.4 is 4.74 Å². The Morgan fingerprint density at radius 2 is 1.96 bits per heavy atom. The molecule has 148 valence electrons. The van der Waals surface area contributed by atoms with E-state index >= 15 is 0 Å². The minimum absolute atomic E-state index is 0.0345. The van der Waals surface area contributed by atoms with Gasteiger partial charge < -0.3 is 19.1 Å². The van der Waals surface area contributed by atoms with Crippen molar-refractivity contribution in [2.75, 3.05) is 32.9 Å². The van der Waals surface area contributed by atoms with Crippen LogP contribution in [0.25, 0.3) is 0 Å². The van der Waals surface area contributed by atoms with Crippen LogP contribution in [0.1, 0.15) is 43.0 Å². The summed E-state index contributed by atoms with van der Waals surface area (Å²) in [6, 6.07) is 1.60. The van der Waals surface area contributed by atoms with E-state index in [4.69, 9.17) is 25.8 Å². The number of hydrogen-bond donors (Lipinski definition) is 0. The molecule has 2 aliphatic heterocycles. The Bertz CT molecular complexity index is 670. The van der Waals surface area contributed by atoms with Crippen molar-refractivity contribution in [1.82, 2.24) is 9.88 Å². The van der Waals surface area contributed by atoms with E-state index in [9.17, 15) is 9.59 Å². The van der Waals surface area contributed by atoms with Crippen LogP contribution in [0.4, 0.5) is 0 Å². The first-order chi connectivity index (χ1) is 13.1. The maximum absolute atomic E-state index is 12.7. The average Bonchev–Trinajstić information content (AvgIpc) is 2.70. The molecule has 3 heterocycles. The molecule has 1 amide bonds. The molecule has 7 nitrogen and oxygen atoms in total. The summed E-state index contributed by atoms with van der Waals surface area (Å²) in [6.45, 7) is 4.54. The van der Waals surface area contributed by atoms with Crippen molar-refractivity contribution in [3.63, 3.8) is 0 Å². The van der Waals surface area contributed by atoms with E-state index in [0.29, 0.717) is 62.2 Å². The molecule has 0 atom stereocenters. The van der Waals surface area contributed by atoms with Crippen molar-refractivity contribution in [2.24, 2.45) is 5.92 Å². The molecule has 2 fully saturated rings. The first-order valence-electron chi connectivity index (χ1n) is 9.44. The number of carbonyl (C=O) groups excluding carboxylic acids is 2. The zero-order chi connectivity index (χ0) is 19.2. The number of likely N-dealkylation sites (tertiary alicyclic amines) is 1. The third-order valence-corrected chi connectivity index (χ3v) is 5.17. The Labute approximate surface area is 163 Å². The molecular weight excluding hydrogens is 372 g/mol. The highest BCUT2D eigenvalue weighted by molar-refractivity contribution is 6.32. The highest BCUT2D eigenvalue weighted by atomic mass is 35.5. The lowest BCUT2D eigenvalue weighted by atomic mass is 9.96. The smallest absolute Gasteiger partial charge is 0.309 e. The minimum atomic E-state index is -0.177. The predicted octanol–water partition coefficient (Wildman–Crippen LogP) is 2.71. The normalized spacial score (nSPS) is 19.0. The van der Waals surface area contributed by atoms with Crippen LogP contribution in [0.2, 0.25) is 5.02 Å². The molecule has 3 rings (SSSR count). The van der Waals surface area contributed by atoms with Gasteiger partial charge in [0, 0.05) is 32.1 Å². The summed E-state index contributed by atoms with van der Waals surface area (Å²) in [7, 11) is 0. The fraction of sp³-hybridized carbons (Fsp3) is 0.632. The molecule has 1 aromatic heterocycles. The van der Waals surface area contributed by atoms with Gasteiger partial charge in [-0.15, -0.1) is 0 Å². The molecule has 0 bridgehead atoms. The summed E-state index contributed by atoms with van der Waals surface area (Å²) < 4.78 is 16.2. The number of aromatic nitrogens is 1. The van der Waals surface area contributed by atoms with Gasteiger partial charge >= 0.3 is 5.97 Å². The Morgan fingerprint density at radius 3 is 2.59 bits per heavy atom. The van der Waals surface area contributed by atoms with Gasteiger partial charge in [0.25, 0.3) is 5.91 Å². The highest BCUT2D eigenvalue weighted by Crippen LogP contribution is 2.27. The van der Waals surface area contributed by atoms with Crippen molar-refractivity contribution < 1.29 is 23.8 Å². The molecular formula is C19H25ClN2O5. The molecule has 2 aliphatic rings. The molecule has 0 N–H and O–H groups in total. The van der Waals surface area contributed by atoms with Crippen LogP contribution in [0, 0.1) is 5.92 Å². The van der Waals surface area contributed by atoms with Gasteiger partial charge in [0.15, 0.2) is 0 Å². The van der Waals surface area contributed by atoms with Crippen LogP contribution in [-0.2, 0) is 14.3 Å². The van der Waals surface area contributed by atoms with Gasteiger partial charge in [-0.25, -0.2) is 4.98 Å². The number of halogens is 1. The van der Waals surface area contributed by atoms with E-state index in [0.717, 1.165) is 12.8 Å². The van der Waals surface area contributed by atoms with Gasteiger partial charge in [0.1, 0.15) is 11.1 Å². The fourth-order valence-electron chi connectivity index (χ4n) is 3.34. The lowest BCUT2D eigenvalue weighted by Crippen LogP contribution is -2.40. The van der Waals surface area contributed by atoms with Gasteiger partial charge in [-0.3, -0.25) is 9.59 Å². The Balaban J connectivity index is 1.57. The van der Waals surface area contributed by atoms with Crippen LogP contribution >= 0.6 is 11.6 Å². The third-order valence-electron chi connectivity index (χ3n) is 4.90. The van der Waals surface area contributed by atoms with Crippen molar-refractivity contribution in [3.8, 4) is 5.88 Å². The van der Waals surface area contributed by atoms with Gasteiger partial charge in [0.2, 0.25) is 5.88 Å². The first-order valence-corrected chi connectivity index (χ1v) is 9.82. The SMILES string of the molecule is CCOC(=O)C1CCN(C(=O)c2cnc(OC3CCOCC3)c(Cl)c2)CC1. The maximum atomic E-state index is 12.7. The number of piperidine rings is 1. The summed E-state index contributed by atoms with van der Waals surface area (Å²) in [4.78, 5) is 30.5. The predicted molar refractivity (Wildman–Crippen MR) is 99.0 cm³/mol. The summed E-state index contributed by atoms with van der Waals surface area (Å²) in [5.41, 5.74) is 0.425. The van der Waals surface area contributed by atoms with E-state index < -0.39 is 0 Å². The number of carbonyl (C=O) groups is 2. The molecule has 0 aliphatic carbocycles. The number of amides is 1. The fourth-order valence-corrected chi connectivity index (χ4v) is 3.55. The quantitative estimate of drug-likeness (QED) is 0.712. The number of esters is 1. The molecule has 1 aromatic rings. The molecule has 2 saturated heterocycles. The number of pyridine rings is 1. The Morgan fingerprint density at radius 1 is 1.26 bits per heavy atom. The topological polar surface area (TPSA) is 78.0 Å². The maximum Gasteiger partial charge on any atom is 0.309 e. The van der Waals surface area contributed by atoms with Crippen molar-refractivity contribution >= 4 is 23.5 Å². The van der Waals surface area contributed by atoms with Gasteiger partial charge in [-0.1, -0.05) is 11.6 Å². The van der Waals surface area contributed by atoms with Gasteiger partial charge in [0.05, 0.1) is 31.3 Å².